The Balaban J connectivity index is 1.95. The molecule has 0 bridgehead atoms. The summed E-state index contributed by atoms with van der Waals surface area (Å²) in [7, 11) is 3.10. The molecule has 0 spiro atoms. The number of aliphatic hydroxyl groups is 1. The van der Waals surface area contributed by atoms with Crippen LogP contribution in [0.15, 0.2) is 35.3 Å². The molecule has 1 atom stereocenters. The van der Waals surface area contributed by atoms with Crippen molar-refractivity contribution >= 4 is 23.7 Å². The van der Waals surface area contributed by atoms with E-state index in [4.69, 9.17) is 5.11 Å². The quantitative estimate of drug-likeness (QED) is 0.573. The van der Waals surface area contributed by atoms with Crippen LogP contribution in [0.25, 0.3) is 0 Å². The van der Waals surface area contributed by atoms with E-state index in [2.05, 4.69) is 10.3 Å². The van der Waals surface area contributed by atoms with Gasteiger partial charge in [-0.05, 0) is 5.56 Å². The molecule has 3 amide bonds. The van der Waals surface area contributed by atoms with Crippen LogP contribution in [0.5, 0.6) is 0 Å². The van der Waals surface area contributed by atoms with Crippen molar-refractivity contribution in [1.82, 2.24) is 15.1 Å². The molecular formula is C17H22N5O3+. The average Bonchev–Trinajstić information content (AvgIpc) is 2.98. The van der Waals surface area contributed by atoms with Gasteiger partial charge in [-0.15, -0.1) is 0 Å². The standard InChI is InChI=1S/C17H21N5O3/c1-20-14-13(15(24)21(2)17(20)25)22(11-12-7-4-3-5-8-12)16(19-14)18-9-6-10-23/h3-5,7-8,13,23H,6,9-11H2,1-2H3/p+1. The highest BCUT2D eigenvalue weighted by Gasteiger charge is 2.51. The minimum atomic E-state index is -0.635. The Labute approximate surface area is 146 Å². The number of carbonyl (C=O) groups excluding carboxylic acids is 2. The fourth-order valence-electron chi connectivity index (χ4n) is 2.97. The van der Waals surface area contributed by atoms with Gasteiger partial charge in [0, 0.05) is 27.1 Å². The Bertz CT molecular complexity index is 744. The molecule has 0 aliphatic carbocycles. The summed E-state index contributed by atoms with van der Waals surface area (Å²) in [5, 5.41) is 12.2. The molecule has 2 heterocycles. The number of aliphatic hydroxyl groups excluding tert-OH is 1. The van der Waals surface area contributed by atoms with Gasteiger partial charge in [0.05, 0.1) is 13.1 Å². The fraction of sp³-hybridized carbons (Fsp3) is 0.412. The van der Waals surface area contributed by atoms with Crippen molar-refractivity contribution in [3.8, 4) is 0 Å². The summed E-state index contributed by atoms with van der Waals surface area (Å²) in [5.74, 6) is 0.674. The molecule has 2 N–H and O–H groups in total. The fourth-order valence-corrected chi connectivity index (χ4v) is 2.97. The minimum absolute atomic E-state index is 0.0685. The number of hydrogen-bond donors (Lipinski definition) is 2. The van der Waals surface area contributed by atoms with Gasteiger partial charge in [-0.2, -0.15) is 0 Å². The first kappa shape index (κ1) is 17.1. The second kappa shape index (κ2) is 7.02. The van der Waals surface area contributed by atoms with E-state index in [0.717, 1.165) is 10.5 Å². The number of amides is 3. The molecule has 25 heavy (non-hydrogen) atoms. The molecule has 1 saturated heterocycles. The van der Waals surface area contributed by atoms with E-state index < -0.39 is 12.1 Å². The lowest BCUT2D eigenvalue weighted by molar-refractivity contribution is -0.553. The summed E-state index contributed by atoms with van der Waals surface area (Å²) in [5.41, 5.74) is 1.04. The van der Waals surface area contributed by atoms with E-state index in [1.807, 2.05) is 34.9 Å². The van der Waals surface area contributed by atoms with Crippen molar-refractivity contribution in [3.05, 3.63) is 35.9 Å². The maximum Gasteiger partial charge on any atom is 0.390 e. The number of nitrogens with zero attached hydrogens (tertiary/aromatic N) is 4. The Morgan fingerprint density at radius 3 is 2.60 bits per heavy atom. The Morgan fingerprint density at radius 1 is 1.20 bits per heavy atom. The zero-order valence-corrected chi connectivity index (χ0v) is 14.3. The second-order valence-electron chi connectivity index (χ2n) is 6.05. The number of likely N-dealkylation sites (N-methyl/N-ethyl adjacent to an activating group) is 2. The predicted octanol–water partition coefficient (Wildman–Crippen LogP) is -0.168. The monoisotopic (exact) mass is 344 g/mol. The lowest BCUT2D eigenvalue weighted by atomic mass is 10.1. The van der Waals surface area contributed by atoms with Crippen molar-refractivity contribution in [2.45, 2.75) is 19.0 Å². The summed E-state index contributed by atoms with van der Waals surface area (Å²) < 4.78 is 1.86. The predicted molar refractivity (Wildman–Crippen MR) is 92.3 cm³/mol. The van der Waals surface area contributed by atoms with Crippen molar-refractivity contribution in [2.24, 2.45) is 4.99 Å². The third-order valence-corrected chi connectivity index (χ3v) is 4.34. The third kappa shape index (κ3) is 3.12. The number of fused-ring (bicyclic) bond motifs is 1. The number of rotatable bonds is 5. The topological polar surface area (TPSA) is 88.2 Å². The van der Waals surface area contributed by atoms with Crippen molar-refractivity contribution in [3.63, 3.8) is 0 Å². The maximum absolute atomic E-state index is 12.7. The molecule has 0 saturated carbocycles. The largest absolute Gasteiger partial charge is 0.396 e. The van der Waals surface area contributed by atoms with Crippen molar-refractivity contribution in [1.29, 1.82) is 0 Å². The normalized spacial score (nSPS) is 20.1. The van der Waals surface area contributed by atoms with Crippen molar-refractivity contribution in [2.75, 3.05) is 27.2 Å². The number of guanidine groups is 1. The molecule has 8 heteroatoms. The van der Waals surface area contributed by atoms with E-state index in [1.54, 1.807) is 7.05 Å². The number of benzene rings is 1. The lowest BCUT2D eigenvalue weighted by Gasteiger charge is -2.31. The zero-order valence-electron chi connectivity index (χ0n) is 14.3. The molecule has 2 aliphatic heterocycles. The first-order chi connectivity index (χ1) is 12.0. The first-order valence-corrected chi connectivity index (χ1v) is 8.20. The van der Waals surface area contributed by atoms with Gasteiger partial charge in [0.2, 0.25) is 11.9 Å². The molecule has 2 aliphatic rings. The maximum atomic E-state index is 12.7. The first-order valence-electron chi connectivity index (χ1n) is 8.20. The van der Waals surface area contributed by atoms with E-state index >= 15 is 0 Å². The van der Waals surface area contributed by atoms with Gasteiger partial charge in [-0.1, -0.05) is 35.3 Å². The molecule has 132 valence electrons. The molecule has 3 rings (SSSR count). The van der Waals surface area contributed by atoms with Crippen LogP contribution in [0.4, 0.5) is 4.79 Å². The van der Waals surface area contributed by atoms with E-state index in [1.165, 1.54) is 11.9 Å². The summed E-state index contributed by atoms with van der Waals surface area (Å²) >= 11 is 0. The Hall–Kier alpha value is -2.74. The van der Waals surface area contributed by atoms with Gasteiger partial charge in [-0.3, -0.25) is 19.9 Å². The van der Waals surface area contributed by atoms with Crippen LogP contribution in [0, 0.1) is 0 Å². The summed E-state index contributed by atoms with van der Waals surface area (Å²) in [6, 6.07) is 8.75. The molecule has 1 aromatic rings. The number of aliphatic imine (C=N–C) groups is 1. The highest BCUT2D eigenvalue weighted by Crippen LogP contribution is 2.20. The van der Waals surface area contributed by atoms with Gasteiger partial charge in [0.1, 0.15) is 0 Å². The van der Waals surface area contributed by atoms with Gasteiger partial charge >= 0.3 is 12.0 Å². The SMILES string of the molecule is CN1C(=O)C2C(=NC(NCCCO)=[N+]2Cc2ccccc2)N(C)C1=O. The molecule has 0 aromatic heterocycles. The molecule has 1 unspecified atom stereocenters. The van der Waals surface area contributed by atoms with Crippen molar-refractivity contribution < 1.29 is 19.3 Å². The molecule has 1 fully saturated rings. The van der Waals surface area contributed by atoms with Crippen LogP contribution < -0.4 is 5.32 Å². The van der Waals surface area contributed by atoms with Gasteiger partial charge in [-0.25, -0.2) is 9.37 Å². The smallest absolute Gasteiger partial charge is 0.390 e. The van der Waals surface area contributed by atoms with Crippen LogP contribution in [-0.4, -0.2) is 76.5 Å². The molecule has 1 aromatic carbocycles. The second-order valence-corrected chi connectivity index (χ2v) is 6.05. The van der Waals surface area contributed by atoms with E-state index in [9.17, 15) is 9.59 Å². The number of hydrogen-bond acceptors (Lipinski definition) is 5. The minimum Gasteiger partial charge on any atom is -0.396 e. The Kier molecular flexibility index (Phi) is 4.80. The highest BCUT2D eigenvalue weighted by molar-refractivity contribution is 6.22. The number of carbonyl (C=O) groups is 2. The van der Waals surface area contributed by atoms with Gasteiger partial charge in [0.15, 0.2) is 0 Å². The van der Waals surface area contributed by atoms with Crippen LogP contribution in [0.1, 0.15) is 12.0 Å². The van der Waals surface area contributed by atoms with Crippen LogP contribution in [0.2, 0.25) is 0 Å². The molecular weight excluding hydrogens is 322 g/mol. The van der Waals surface area contributed by atoms with Crippen LogP contribution >= 0.6 is 0 Å². The molecule has 8 nitrogen and oxygen atoms in total. The average molecular weight is 344 g/mol. The summed E-state index contributed by atoms with van der Waals surface area (Å²) in [6.07, 6.45) is 0.570. The molecule has 0 radical (unpaired) electrons. The third-order valence-electron chi connectivity index (χ3n) is 4.34. The number of amidine groups is 1. The number of urea groups is 1. The zero-order chi connectivity index (χ0) is 18.0. The number of imide groups is 1. The van der Waals surface area contributed by atoms with Gasteiger partial charge in [0.25, 0.3) is 5.91 Å². The van der Waals surface area contributed by atoms with E-state index in [0.29, 0.717) is 31.3 Å². The van der Waals surface area contributed by atoms with Gasteiger partial charge < -0.3 is 5.11 Å². The van der Waals surface area contributed by atoms with Crippen LogP contribution in [0.3, 0.4) is 0 Å². The number of nitrogens with one attached hydrogen (secondary N) is 1. The lowest BCUT2D eigenvalue weighted by Crippen LogP contribution is -2.61. The summed E-state index contributed by atoms with van der Waals surface area (Å²) in [6.45, 7) is 1.09. The Morgan fingerprint density at radius 2 is 1.92 bits per heavy atom. The van der Waals surface area contributed by atoms with Crippen LogP contribution in [-0.2, 0) is 11.3 Å². The van der Waals surface area contributed by atoms with E-state index in [-0.39, 0.29) is 12.5 Å². The summed E-state index contributed by atoms with van der Waals surface area (Å²) in [4.78, 5) is 31.9. The highest BCUT2D eigenvalue weighted by atomic mass is 16.3.